The van der Waals surface area contributed by atoms with Gasteiger partial charge in [-0.3, -0.25) is 9.59 Å². The Hall–Kier alpha value is -1.58. The first-order chi connectivity index (χ1) is 7.61. The Morgan fingerprint density at radius 3 is 1.25 bits per heavy atom. The fourth-order valence-corrected chi connectivity index (χ4v) is 3.48. The lowest BCUT2D eigenvalue weighted by Crippen LogP contribution is -2.54. The molecule has 0 heterocycles. The maximum atomic E-state index is 11.2. The van der Waals surface area contributed by atoms with Gasteiger partial charge in [0, 0.05) is 0 Å². The summed E-state index contributed by atoms with van der Waals surface area (Å²) >= 11 is 0. The summed E-state index contributed by atoms with van der Waals surface area (Å²) in [5.74, 6) is -3.29. The fraction of sp³-hybridized carbons (Fsp3) is 0.500. The highest BCUT2D eigenvalue weighted by Gasteiger charge is 2.57. The van der Waals surface area contributed by atoms with E-state index in [4.69, 9.17) is 0 Å². The van der Waals surface area contributed by atoms with Crippen LogP contribution in [0, 0.1) is 35.5 Å². The van der Waals surface area contributed by atoms with E-state index in [9.17, 15) is 19.8 Å². The minimum absolute atomic E-state index is 0.140. The number of allylic oxidation sites excluding steroid dienone is 4. The van der Waals surface area contributed by atoms with Gasteiger partial charge in [0.05, 0.1) is 11.8 Å². The van der Waals surface area contributed by atoms with Crippen molar-refractivity contribution >= 4 is 11.9 Å². The SMILES string of the molecule is O=C(O)[C@@H]1C2C=CC(C3C=CC32)[C@@H]1C(=O)O. The van der Waals surface area contributed by atoms with Crippen LogP contribution in [0.2, 0.25) is 0 Å². The number of carbonyl (C=O) groups is 2. The maximum Gasteiger partial charge on any atom is 0.308 e. The lowest BCUT2D eigenvalue weighted by atomic mass is 9.50. The van der Waals surface area contributed by atoms with Crippen molar-refractivity contribution in [1.29, 1.82) is 0 Å². The number of hydrogen-bond acceptors (Lipinski definition) is 2. The van der Waals surface area contributed by atoms with Gasteiger partial charge in [-0.1, -0.05) is 24.3 Å². The van der Waals surface area contributed by atoms with E-state index < -0.39 is 23.8 Å². The second kappa shape index (κ2) is 2.97. The predicted molar refractivity (Wildman–Crippen MR) is 54.5 cm³/mol. The average Bonchev–Trinajstić information content (AvgIpc) is 2.15. The molecule has 0 aromatic carbocycles. The summed E-state index contributed by atoms with van der Waals surface area (Å²) in [6.07, 6.45) is 7.82. The number of aliphatic carboxylic acids is 2. The van der Waals surface area contributed by atoms with Crippen LogP contribution >= 0.6 is 0 Å². The molecule has 16 heavy (non-hydrogen) atoms. The van der Waals surface area contributed by atoms with Crippen LogP contribution in [0.1, 0.15) is 0 Å². The van der Waals surface area contributed by atoms with Crippen molar-refractivity contribution in [2.75, 3.05) is 0 Å². The molecule has 2 N–H and O–H groups in total. The molecular formula is C12H12O4. The van der Waals surface area contributed by atoms with Gasteiger partial charge in [-0.25, -0.2) is 0 Å². The van der Waals surface area contributed by atoms with Crippen LogP contribution in [0.5, 0.6) is 0 Å². The molecule has 4 heteroatoms. The van der Waals surface area contributed by atoms with Crippen LogP contribution in [0.25, 0.3) is 0 Å². The normalized spacial score (nSPS) is 47.2. The molecule has 4 aliphatic rings. The van der Waals surface area contributed by atoms with Crippen molar-refractivity contribution in [3.63, 3.8) is 0 Å². The molecule has 1 fully saturated rings. The highest BCUT2D eigenvalue weighted by Crippen LogP contribution is 2.55. The minimum atomic E-state index is -0.981. The average molecular weight is 220 g/mol. The molecule has 4 rings (SSSR count). The van der Waals surface area contributed by atoms with Gasteiger partial charge in [-0.15, -0.1) is 0 Å². The zero-order chi connectivity index (χ0) is 11.4. The van der Waals surface area contributed by atoms with E-state index >= 15 is 0 Å². The number of hydrogen-bond donors (Lipinski definition) is 2. The van der Waals surface area contributed by atoms with Gasteiger partial charge in [0.1, 0.15) is 0 Å². The summed E-state index contributed by atoms with van der Waals surface area (Å²) in [4.78, 5) is 22.4. The first-order valence-electron chi connectivity index (χ1n) is 5.43. The van der Waals surface area contributed by atoms with Crippen molar-refractivity contribution in [2.24, 2.45) is 35.5 Å². The Morgan fingerprint density at radius 1 is 0.688 bits per heavy atom. The first-order valence-corrected chi connectivity index (χ1v) is 5.43. The van der Waals surface area contributed by atoms with E-state index in [0.717, 1.165) is 0 Å². The third-order valence-electron chi connectivity index (χ3n) is 4.23. The number of fused-ring (bicyclic) bond motifs is 1. The molecule has 0 aliphatic heterocycles. The van der Waals surface area contributed by atoms with E-state index in [1.165, 1.54) is 0 Å². The van der Waals surface area contributed by atoms with Gasteiger partial charge in [0.15, 0.2) is 0 Å². The van der Waals surface area contributed by atoms with Crippen LogP contribution in [0.15, 0.2) is 24.3 Å². The summed E-state index contributed by atoms with van der Waals surface area (Å²) in [6, 6.07) is 0. The second-order valence-corrected chi connectivity index (χ2v) is 4.81. The predicted octanol–water partition coefficient (Wildman–Crippen LogP) is 1.01. The Balaban J connectivity index is 2.05. The van der Waals surface area contributed by atoms with Crippen LogP contribution < -0.4 is 0 Å². The van der Waals surface area contributed by atoms with Gasteiger partial charge >= 0.3 is 11.9 Å². The molecule has 6 atom stereocenters. The van der Waals surface area contributed by atoms with Gasteiger partial charge in [-0.2, -0.15) is 0 Å². The fourth-order valence-electron chi connectivity index (χ4n) is 3.48. The lowest BCUT2D eigenvalue weighted by molar-refractivity contribution is -0.163. The van der Waals surface area contributed by atoms with E-state index in [0.29, 0.717) is 0 Å². The van der Waals surface area contributed by atoms with Crippen molar-refractivity contribution in [3.05, 3.63) is 24.3 Å². The topological polar surface area (TPSA) is 74.6 Å². The Morgan fingerprint density at radius 2 is 1.00 bits per heavy atom. The molecule has 0 spiro atoms. The molecule has 0 aromatic heterocycles. The number of carboxylic acids is 2. The third kappa shape index (κ3) is 0.991. The monoisotopic (exact) mass is 220 g/mol. The molecule has 4 unspecified atom stereocenters. The van der Waals surface area contributed by atoms with Crippen LogP contribution in [-0.4, -0.2) is 22.2 Å². The van der Waals surface area contributed by atoms with Gasteiger partial charge in [0.25, 0.3) is 0 Å². The zero-order valence-corrected chi connectivity index (χ0v) is 8.48. The minimum Gasteiger partial charge on any atom is -0.481 e. The highest BCUT2D eigenvalue weighted by atomic mass is 16.4. The summed E-state index contributed by atoms with van der Waals surface area (Å²) in [5, 5.41) is 18.4. The Kier molecular flexibility index (Phi) is 1.79. The molecule has 4 aliphatic carbocycles. The molecular weight excluding hydrogens is 208 g/mol. The molecule has 1 saturated carbocycles. The standard InChI is InChI=1S/C12H12O4/c13-11(14)9-7-3-4-8(10(9)12(15)16)6-2-1-5(6)7/h1-10H,(H,13,14)(H,15,16)/t5?,6?,7?,8?,9-,10+. The van der Waals surface area contributed by atoms with E-state index in [-0.39, 0.29) is 23.7 Å². The lowest BCUT2D eigenvalue weighted by Gasteiger charge is -2.52. The number of rotatable bonds is 2. The quantitative estimate of drug-likeness (QED) is 0.681. The van der Waals surface area contributed by atoms with E-state index in [1.807, 2.05) is 24.3 Å². The highest BCUT2D eigenvalue weighted by molar-refractivity contribution is 5.82. The summed E-state index contributed by atoms with van der Waals surface area (Å²) < 4.78 is 0. The van der Waals surface area contributed by atoms with Crippen LogP contribution in [-0.2, 0) is 9.59 Å². The smallest absolute Gasteiger partial charge is 0.308 e. The van der Waals surface area contributed by atoms with E-state index in [1.54, 1.807) is 0 Å². The summed E-state index contributed by atoms with van der Waals surface area (Å²) in [7, 11) is 0. The van der Waals surface area contributed by atoms with Crippen molar-refractivity contribution in [3.8, 4) is 0 Å². The second-order valence-electron chi connectivity index (χ2n) is 4.81. The Labute approximate surface area is 92.3 Å². The van der Waals surface area contributed by atoms with Gasteiger partial charge in [-0.05, 0) is 23.7 Å². The molecule has 4 nitrogen and oxygen atoms in total. The third-order valence-corrected chi connectivity index (χ3v) is 4.23. The maximum absolute atomic E-state index is 11.2. The van der Waals surface area contributed by atoms with Crippen molar-refractivity contribution < 1.29 is 19.8 Å². The molecule has 0 radical (unpaired) electrons. The summed E-state index contributed by atoms with van der Waals surface area (Å²) in [6.45, 7) is 0. The molecule has 2 bridgehead atoms. The largest absolute Gasteiger partial charge is 0.481 e. The van der Waals surface area contributed by atoms with Crippen LogP contribution in [0.3, 0.4) is 0 Å². The van der Waals surface area contributed by atoms with E-state index in [2.05, 4.69) is 0 Å². The molecule has 0 amide bonds. The van der Waals surface area contributed by atoms with Crippen molar-refractivity contribution in [1.82, 2.24) is 0 Å². The van der Waals surface area contributed by atoms with Gasteiger partial charge in [0.2, 0.25) is 0 Å². The van der Waals surface area contributed by atoms with Crippen molar-refractivity contribution in [2.45, 2.75) is 0 Å². The summed E-state index contributed by atoms with van der Waals surface area (Å²) in [5.41, 5.74) is 0. The first kappa shape index (κ1) is 9.63. The molecule has 0 aromatic rings. The zero-order valence-electron chi connectivity index (χ0n) is 8.48. The number of carboxylic acid groups (broad SMARTS) is 2. The van der Waals surface area contributed by atoms with Crippen LogP contribution in [0.4, 0.5) is 0 Å². The molecule has 84 valence electrons. The van der Waals surface area contributed by atoms with Gasteiger partial charge < -0.3 is 10.2 Å². The Bertz CT molecular complexity index is 385. The molecule has 0 saturated heterocycles.